The highest BCUT2D eigenvalue weighted by atomic mass is 16.3. The van der Waals surface area contributed by atoms with E-state index in [1.165, 1.54) is 0 Å². The van der Waals surface area contributed by atoms with Crippen LogP contribution in [0.5, 0.6) is 0 Å². The zero-order valence-corrected chi connectivity index (χ0v) is 14.0. The highest BCUT2D eigenvalue weighted by Crippen LogP contribution is 2.24. The van der Waals surface area contributed by atoms with E-state index in [-0.39, 0.29) is 11.8 Å². The van der Waals surface area contributed by atoms with Gasteiger partial charge >= 0.3 is 0 Å². The van der Waals surface area contributed by atoms with Crippen molar-refractivity contribution in [3.05, 3.63) is 59.0 Å². The van der Waals surface area contributed by atoms with Crippen LogP contribution < -0.4 is 5.32 Å². The molecule has 2 rings (SSSR count). The Balaban J connectivity index is 1.87. The van der Waals surface area contributed by atoms with Crippen LogP contribution in [0, 0.1) is 13.8 Å². The van der Waals surface area contributed by atoms with Crippen molar-refractivity contribution < 1.29 is 14.3 Å². The fourth-order valence-electron chi connectivity index (χ4n) is 2.85. The van der Waals surface area contributed by atoms with Gasteiger partial charge in [0, 0.05) is 12.1 Å². The molecule has 0 saturated heterocycles. The molecule has 1 aromatic carbocycles. The van der Waals surface area contributed by atoms with Gasteiger partial charge in [-0.3, -0.25) is 4.79 Å². The number of rotatable bonds is 7. The molecule has 0 saturated carbocycles. The third kappa shape index (κ3) is 4.45. The van der Waals surface area contributed by atoms with Crippen LogP contribution in [0.1, 0.15) is 54.4 Å². The van der Waals surface area contributed by atoms with E-state index < -0.39 is 6.10 Å². The van der Waals surface area contributed by atoms with Crippen molar-refractivity contribution in [2.75, 3.05) is 6.54 Å². The molecule has 0 spiro atoms. The molecule has 1 amide bonds. The van der Waals surface area contributed by atoms with Gasteiger partial charge in [-0.05, 0) is 38.3 Å². The summed E-state index contributed by atoms with van der Waals surface area (Å²) < 4.78 is 5.43. The van der Waals surface area contributed by atoms with Crippen molar-refractivity contribution in [1.82, 2.24) is 5.32 Å². The number of carbonyl (C=O) groups excluding carboxylic acids is 1. The van der Waals surface area contributed by atoms with Gasteiger partial charge in [0.25, 0.3) is 0 Å². The number of hydrogen-bond acceptors (Lipinski definition) is 3. The summed E-state index contributed by atoms with van der Waals surface area (Å²) >= 11 is 0. The number of nitrogens with one attached hydrogen (secondary N) is 1. The Bertz CT molecular complexity index is 633. The Kier molecular flexibility index (Phi) is 5.99. The van der Waals surface area contributed by atoms with Crippen molar-refractivity contribution in [1.29, 1.82) is 0 Å². The Morgan fingerprint density at radius 2 is 1.96 bits per heavy atom. The van der Waals surface area contributed by atoms with Gasteiger partial charge in [-0.1, -0.05) is 37.3 Å². The molecule has 2 aromatic rings. The SMILES string of the molecule is CC[C@@H](C(=O)NCC[C@H](O)c1cc(C)oc1C)c1ccccc1. The number of aryl methyl sites for hydroxylation is 2. The lowest BCUT2D eigenvalue weighted by Crippen LogP contribution is -2.30. The molecule has 4 nitrogen and oxygen atoms in total. The van der Waals surface area contributed by atoms with Gasteiger partial charge in [0.2, 0.25) is 5.91 Å². The molecule has 23 heavy (non-hydrogen) atoms. The van der Waals surface area contributed by atoms with Crippen LogP contribution >= 0.6 is 0 Å². The zero-order chi connectivity index (χ0) is 16.8. The van der Waals surface area contributed by atoms with E-state index in [4.69, 9.17) is 4.42 Å². The molecule has 0 aliphatic carbocycles. The summed E-state index contributed by atoms with van der Waals surface area (Å²) in [6.07, 6.45) is 0.597. The van der Waals surface area contributed by atoms with Crippen LogP contribution in [0.3, 0.4) is 0 Å². The standard InChI is InChI=1S/C19H25NO3/c1-4-16(15-8-6-5-7-9-15)19(22)20-11-10-18(21)17-12-13(2)23-14(17)3/h5-9,12,16,18,21H,4,10-11H2,1-3H3,(H,20,22)/t16-,18+/m1/s1. The van der Waals surface area contributed by atoms with Crippen molar-refractivity contribution in [2.45, 2.75) is 45.6 Å². The van der Waals surface area contributed by atoms with E-state index in [9.17, 15) is 9.90 Å². The molecular weight excluding hydrogens is 290 g/mol. The fraction of sp³-hybridized carbons (Fsp3) is 0.421. The summed E-state index contributed by atoms with van der Waals surface area (Å²) in [5, 5.41) is 13.2. The smallest absolute Gasteiger partial charge is 0.227 e. The molecule has 1 aromatic heterocycles. The lowest BCUT2D eigenvalue weighted by atomic mass is 9.95. The molecule has 0 bridgehead atoms. The Labute approximate surface area is 137 Å². The Morgan fingerprint density at radius 1 is 1.26 bits per heavy atom. The molecule has 2 atom stereocenters. The number of carbonyl (C=O) groups is 1. The van der Waals surface area contributed by atoms with Crippen molar-refractivity contribution in [3.63, 3.8) is 0 Å². The first kappa shape index (κ1) is 17.3. The van der Waals surface area contributed by atoms with E-state index in [1.807, 2.05) is 57.2 Å². The highest BCUT2D eigenvalue weighted by Gasteiger charge is 2.19. The number of aliphatic hydroxyl groups is 1. The van der Waals surface area contributed by atoms with Gasteiger partial charge in [-0.25, -0.2) is 0 Å². The normalized spacial score (nSPS) is 13.6. The minimum absolute atomic E-state index is 0.00555. The Morgan fingerprint density at radius 3 is 2.52 bits per heavy atom. The summed E-state index contributed by atoms with van der Waals surface area (Å²) in [5.74, 6) is 1.38. The molecule has 4 heteroatoms. The lowest BCUT2D eigenvalue weighted by molar-refractivity contribution is -0.122. The van der Waals surface area contributed by atoms with E-state index >= 15 is 0 Å². The second-order valence-electron chi connectivity index (χ2n) is 5.84. The van der Waals surface area contributed by atoms with Gasteiger partial charge in [-0.15, -0.1) is 0 Å². The maximum atomic E-state index is 12.4. The van der Waals surface area contributed by atoms with Gasteiger partial charge in [0.15, 0.2) is 0 Å². The molecule has 0 aliphatic heterocycles. The summed E-state index contributed by atoms with van der Waals surface area (Å²) in [6.45, 7) is 6.14. The largest absolute Gasteiger partial charge is 0.466 e. The third-order valence-corrected chi connectivity index (χ3v) is 4.08. The van der Waals surface area contributed by atoms with Crippen LogP contribution in [0.15, 0.2) is 40.8 Å². The molecule has 0 fully saturated rings. The summed E-state index contributed by atoms with van der Waals surface area (Å²) in [5.41, 5.74) is 1.82. The highest BCUT2D eigenvalue weighted by molar-refractivity contribution is 5.83. The predicted octanol–water partition coefficient (Wildman–Crippen LogP) is 3.63. The second-order valence-corrected chi connectivity index (χ2v) is 5.84. The van der Waals surface area contributed by atoms with Gasteiger partial charge in [0.1, 0.15) is 11.5 Å². The topological polar surface area (TPSA) is 62.5 Å². The number of benzene rings is 1. The van der Waals surface area contributed by atoms with Gasteiger partial charge in [0.05, 0.1) is 12.0 Å². The monoisotopic (exact) mass is 315 g/mol. The molecule has 1 heterocycles. The summed E-state index contributed by atoms with van der Waals surface area (Å²) in [4.78, 5) is 12.4. The fourth-order valence-corrected chi connectivity index (χ4v) is 2.85. The molecule has 0 radical (unpaired) electrons. The first-order valence-corrected chi connectivity index (χ1v) is 8.10. The molecule has 0 aliphatic rings. The maximum Gasteiger partial charge on any atom is 0.227 e. The van der Waals surface area contributed by atoms with Crippen LogP contribution in [-0.4, -0.2) is 17.6 Å². The van der Waals surface area contributed by atoms with Crippen LogP contribution in [0.4, 0.5) is 0 Å². The number of hydrogen-bond donors (Lipinski definition) is 2. The quantitative estimate of drug-likeness (QED) is 0.820. The summed E-state index contributed by atoms with van der Waals surface area (Å²) in [7, 11) is 0. The lowest BCUT2D eigenvalue weighted by Gasteiger charge is -2.16. The average Bonchev–Trinajstić information content (AvgIpc) is 2.87. The minimum Gasteiger partial charge on any atom is -0.466 e. The average molecular weight is 315 g/mol. The number of aliphatic hydroxyl groups excluding tert-OH is 1. The zero-order valence-electron chi connectivity index (χ0n) is 14.0. The van der Waals surface area contributed by atoms with E-state index in [0.717, 1.165) is 29.1 Å². The number of furan rings is 1. The van der Waals surface area contributed by atoms with E-state index in [2.05, 4.69) is 5.32 Å². The molecule has 2 N–H and O–H groups in total. The minimum atomic E-state index is -0.621. The number of amides is 1. The van der Waals surface area contributed by atoms with Crippen LogP contribution in [0.2, 0.25) is 0 Å². The van der Waals surface area contributed by atoms with Crippen LogP contribution in [0.25, 0.3) is 0 Å². The van der Waals surface area contributed by atoms with Crippen molar-refractivity contribution in [3.8, 4) is 0 Å². The molecule has 124 valence electrons. The van der Waals surface area contributed by atoms with Gasteiger partial charge < -0.3 is 14.8 Å². The van der Waals surface area contributed by atoms with Crippen LogP contribution in [-0.2, 0) is 4.79 Å². The van der Waals surface area contributed by atoms with Gasteiger partial charge in [-0.2, -0.15) is 0 Å². The second kappa shape index (κ2) is 7.97. The molecular formula is C19H25NO3. The predicted molar refractivity (Wildman–Crippen MR) is 90.2 cm³/mol. The first-order chi connectivity index (χ1) is 11.0. The Hall–Kier alpha value is -2.07. The first-order valence-electron chi connectivity index (χ1n) is 8.10. The third-order valence-electron chi connectivity index (χ3n) is 4.08. The molecule has 0 unspecified atom stereocenters. The van der Waals surface area contributed by atoms with Crippen molar-refractivity contribution >= 4 is 5.91 Å². The van der Waals surface area contributed by atoms with E-state index in [0.29, 0.717) is 13.0 Å². The van der Waals surface area contributed by atoms with Crippen molar-refractivity contribution in [2.24, 2.45) is 0 Å². The maximum absolute atomic E-state index is 12.4. The summed E-state index contributed by atoms with van der Waals surface area (Å²) in [6, 6.07) is 11.6. The van der Waals surface area contributed by atoms with E-state index in [1.54, 1.807) is 0 Å².